The maximum absolute atomic E-state index is 13.9. The average Bonchev–Trinajstić information content (AvgIpc) is 3.69. The van der Waals surface area contributed by atoms with Gasteiger partial charge in [0, 0.05) is 25.9 Å². The van der Waals surface area contributed by atoms with Gasteiger partial charge in [0.2, 0.25) is 82.7 Å². The minimum Gasteiger partial charge on any atom is -0.508 e. The molecule has 37 heteroatoms. The SMILES string of the molecule is C[C@H](NC(=O)CNC(=O)CNC(=O)[C@@H]1CCCN1C(=O)CNC(=O)[C@H](CCCN=C(N)N)NC(=O)[C@H](CCC(N)=O)NC(=O)[C@H](C)NC(=O)[C@H](C)NC(=O)[C@H](CC(=O)O)NC(=O)[C@H](Cc1ccc(O)cc1)NC(=O)[C@H](CC(N)=O)NC(=O)CN)C(=O)O. The number of phenolic OH excluding ortho intramolecular Hbond substituents is 1. The van der Waals surface area contributed by atoms with Gasteiger partial charge in [0.05, 0.1) is 39.0 Å². The Kier molecular flexibility index (Phi) is 30.5. The zero-order valence-electron chi connectivity index (χ0n) is 47.8. The van der Waals surface area contributed by atoms with Crippen molar-refractivity contribution in [2.24, 2.45) is 33.7 Å². The van der Waals surface area contributed by atoms with Crippen LogP contribution < -0.4 is 87.2 Å². The Labute approximate surface area is 496 Å². The number of aromatic hydroxyl groups is 1. The van der Waals surface area contributed by atoms with Gasteiger partial charge in [0.25, 0.3) is 0 Å². The van der Waals surface area contributed by atoms with E-state index in [1.54, 1.807) is 0 Å². The van der Waals surface area contributed by atoms with Crippen molar-refractivity contribution in [1.29, 1.82) is 0 Å². The summed E-state index contributed by atoms with van der Waals surface area (Å²) in [5.41, 5.74) is 27.1. The van der Waals surface area contributed by atoms with Gasteiger partial charge in [0.1, 0.15) is 60.1 Å². The molecule has 87 heavy (non-hydrogen) atoms. The van der Waals surface area contributed by atoms with Gasteiger partial charge >= 0.3 is 11.9 Å². The van der Waals surface area contributed by atoms with Crippen LogP contribution in [-0.2, 0) is 83.1 Å². The van der Waals surface area contributed by atoms with Gasteiger partial charge in [-0.25, -0.2) is 0 Å². The molecular weight excluding hydrogens is 1160 g/mol. The summed E-state index contributed by atoms with van der Waals surface area (Å²) in [6, 6.07) is -8.59. The monoisotopic (exact) mass is 1230 g/mol. The van der Waals surface area contributed by atoms with Crippen LogP contribution in [0.15, 0.2) is 29.3 Å². The van der Waals surface area contributed by atoms with Crippen LogP contribution >= 0.6 is 0 Å². The molecule has 2 rings (SSSR count). The van der Waals surface area contributed by atoms with Gasteiger partial charge in [-0.3, -0.25) is 81.7 Å². The molecule has 1 aliphatic heterocycles. The highest BCUT2D eigenvalue weighted by molar-refractivity contribution is 6.00. The van der Waals surface area contributed by atoms with Crippen molar-refractivity contribution in [3.63, 3.8) is 0 Å². The smallest absolute Gasteiger partial charge is 0.325 e. The molecule has 9 atom stereocenters. The molecule has 0 aromatic heterocycles. The Balaban J connectivity index is 2.20. The number of hydrogen-bond acceptors (Lipinski definition) is 19. The van der Waals surface area contributed by atoms with Crippen LogP contribution in [0.2, 0.25) is 0 Å². The van der Waals surface area contributed by atoms with Crippen LogP contribution in [0.3, 0.4) is 0 Å². The number of nitrogens with zero attached hydrogens (tertiary/aromatic N) is 2. The van der Waals surface area contributed by atoms with E-state index < -0.39 is 201 Å². The fraction of sp³-hybridized carbons (Fsp3) is 0.540. The number of nitrogens with one attached hydrogen (secondary N) is 11. The molecule has 1 heterocycles. The molecule has 0 aliphatic carbocycles. The first-order valence-electron chi connectivity index (χ1n) is 26.9. The number of likely N-dealkylation sites (tertiary alicyclic amines) is 1. The molecule has 1 aliphatic rings. The fourth-order valence-corrected chi connectivity index (χ4v) is 7.96. The molecular formula is C50H76N18O19. The third-order valence-corrected chi connectivity index (χ3v) is 12.6. The van der Waals surface area contributed by atoms with Crippen LogP contribution in [-0.4, -0.2) is 214 Å². The van der Waals surface area contributed by atoms with E-state index in [2.05, 4.69) is 63.5 Å². The average molecular weight is 1230 g/mol. The van der Waals surface area contributed by atoms with Crippen LogP contribution in [0, 0.1) is 0 Å². The Morgan fingerprint density at radius 2 is 1.09 bits per heavy atom. The summed E-state index contributed by atoms with van der Waals surface area (Å²) in [4.78, 5) is 210. The lowest BCUT2D eigenvalue weighted by molar-refractivity contribution is -0.141. The van der Waals surface area contributed by atoms with E-state index >= 15 is 0 Å². The summed E-state index contributed by atoms with van der Waals surface area (Å²) in [5.74, 6) is -17.0. The van der Waals surface area contributed by atoms with Crippen molar-refractivity contribution in [2.45, 2.75) is 133 Å². The molecule has 1 aromatic carbocycles. The first-order chi connectivity index (χ1) is 40.8. The lowest BCUT2D eigenvalue weighted by atomic mass is 10.0. The molecule has 480 valence electrons. The lowest BCUT2D eigenvalue weighted by Gasteiger charge is -2.26. The predicted molar refractivity (Wildman–Crippen MR) is 299 cm³/mol. The second-order valence-electron chi connectivity index (χ2n) is 19.7. The number of benzene rings is 1. The van der Waals surface area contributed by atoms with Gasteiger partial charge in [-0.2, -0.15) is 0 Å². The highest BCUT2D eigenvalue weighted by Gasteiger charge is 2.37. The number of primary amides is 2. The Morgan fingerprint density at radius 1 is 0.563 bits per heavy atom. The molecule has 0 bridgehead atoms. The molecule has 0 radical (unpaired) electrons. The van der Waals surface area contributed by atoms with E-state index in [9.17, 15) is 86.9 Å². The summed E-state index contributed by atoms with van der Waals surface area (Å²) in [7, 11) is 0. The minimum atomic E-state index is -1.95. The van der Waals surface area contributed by atoms with Crippen LogP contribution in [0.5, 0.6) is 5.75 Å². The molecule has 1 saturated heterocycles. The summed E-state index contributed by atoms with van der Waals surface area (Å²) in [5, 5.41) is 53.5. The van der Waals surface area contributed by atoms with E-state index in [0.717, 1.165) is 18.7 Å². The highest BCUT2D eigenvalue weighted by atomic mass is 16.4. The number of amides is 14. The van der Waals surface area contributed by atoms with Crippen molar-refractivity contribution in [3.8, 4) is 5.75 Å². The van der Waals surface area contributed by atoms with Crippen molar-refractivity contribution >= 4 is 101 Å². The molecule has 14 amide bonds. The summed E-state index contributed by atoms with van der Waals surface area (Å²) < 4.78 is 0. The molecule has 24 N–H and O–H groups in total. The molecule has 0 spiro atoms. The number of guanidine groups is 1. The van der Waals surface area contributed by atoms with Crippen LogP contribution in [0.25, 0.3) is 0 Å². The standard InChI is InChI=1S/C50H76N18O19/c1-23(62-45(82)32(18-40(76)77)67-46(83)30(16-26-8-10-27(69)11-9-26)66-47(84)31(17-35(53)71)63-36(72)19-51)41(78)61-24(2)42(79)64-29(12-13-34(52)70)44(81)65-28(6-4-14-56-50(54)55)43(80)59-22-39(75)68-15-5-7-33(68)48(85)58-20-37(73)57-21-38(74)60-25(3)49(86)87/h8-11,23-25,28-33,69H,4-7,12-22,51H2,1-3H3,(H2,52,70)(H2,53,71)(H,57,73)(H,58,85)(H,59,80)(H,60,74)(H,61,78)(H,62,82)(H,63,72)(H,64,79)(H,65,81)(H,66,84)(H,67,83)(H,76,77)(H,86,87)(H4,54,55,56)/t23-,24-,25-,28-,29-,30-,31-,32-,33-/m0/s1. The Hall–Kier alpha value is -10.2. The Morgan fingerprint density at radius 3 is 1.68 bits per heavy atom. The van der Waals surface area contributed by atoms with Crippen LogP contribution in [0.1, 0.15) is 77.7 Å². The van der Waals surface area contributed by atoms with E-state index in [1.807, 2.05) is 0 Å². The zero-order valence-corrected chi connectivity index (χ0v) is 47.8. The second-order valence-corrected chi connectivity index (χ2v) is 19.7. The van der Waals surface area contributed by atoms with Crippen molar-refractivity contribution in [3.05, 3.63) is 29.8 Å². The summed E-state index contributed by atoms with van der Waals surface area (Å²) in [6.07, 6.45) is -2.79. The molecule has 1 fully saturated rings. The van der Waals surface area contributed by atoms with Gasteiger partial charge in [0.15, 0.2) is 5.96 Å². The number of carboxylic acid groups (broad SMARTS) is 2. The molecule has 0 unspecified atom stereocenters. The van der Waals surface area contributed by atoms with E-state index in [1.165, 1.54) is 31.2 Å². The van der Waals surface area contributed by atoms with Gasteiger partial charge < -0.3 is 107 Å². The fourth-order valence-electron chi connectivity index (χ4n) is 7.96. The number of carbonyl (C=O) groups is 16. The van der Waals surface area contributed by atoms with Crippen molar-refractivity contribution in [1.82, 2.24) is 63.4 Å². The highest BCUT2D eigenvalue weighted by Crippen LogP contribution is 2.18. The number of hydrogen-bond donors (Lipinski definition) is 19. The number of carbonyl (C=O) groups excluding carboxylic acids is 14. The zero-order chi connectivity index (χ0) is 65.7. The number of phenols is 1. The first kappa shape index (κ1) is 72.9. The predicted octanol–water partition coefficient (Wildman–Crippen LogP) is -10.1. The van der Waals surface area contributed by atoms with E-state index in [4.69, 9.17) is 33.8 Å². The number of aliphatic carboxylic acids is 2. The van der Waals surface area contributed by atoms with Gasteiger partial charge in [-0.15, -0.1) is 0 Å². The normalized spacial score (nSPS) is 15.2. The number of nitrogens with two attached hydrogens (primary N) is 5. The van der Waals surface area contributed by atoms with Crippen molar-refractivity contribution in [2.75, 3.05) is 39.3 Å². The van der Waals surface area contributed by atoms with Gasteiger partial charge in [-0.1, -0.05) is 12.1 Å². The number of aliphatic imine (C=N–C) groups is 1. The quantitative estimate of drug-likeness (QED) is 0.0167. The maximum Gasteiger partial charge on any atom is 0.325 e. The first-order valence-corrected chi connectivity index (χ1v) is 26.9. The second kappa shape index (κ2) is 36.5. The summed E-state index contributed by atoms with van der Waals surface area (Å²) in [6.45, 7) is 0.982. The maximum atomic E-state index is 13.9. The largest absolute Gasteiger partial charge is 0.508 e. The Bertz CT molecular complexity index is 2740. The van der Waals surface area contributed by atoms with Crippen LogP contribution in [0.4, 0.5) is 0 Å². The molecule has 37 nitrogen and oxygen atoms in total. The van der Waals surface area contributed by atoms with E-state index in [0.29, 0.717) is 12.0 Å². The van der Waals surface area contributed by atoms with Crippen molar-refractivity contribution < 1.29 is 92.0 Å². The third kappa shape index (κ3) is 27.4. The number of carboxylic acids is 2. The lowest BCUT2D eigenvalue weighted by Crippen LogP contribution is -2.60. The topological polar surface area (TPSA) is 612 Å². The molecule has 1 aromatic rings. The third-order valence-electron chi connectivity index (χ3n) is 12.6. The number of rotatable bonds is 37. The summed E-state index contributed by atoms with van der Waals surface area (Å²) >= 11 is 0. The van der Waals surface area contributed by atoms with Gasteiger partial charge in [-0.05, 0) is 70.6 Å². The van der Waals surface area contributed by atoms with E-state index in [-0.39, 0.29) is 50.5 Å². The molecule has 0 saturated carbocycles. The minimum absolute atomic E-state index is 0.0457.